The van der Waals surface area contributed by atoms with E-state index < -0.39 is 5.97 Å². The van der Waals surface area contributed by atoms with E-state index >= 15 is 0 Å². The lowest BCUT2D eigenvalue weighted by Gasteiger charge is -2.22. The molecule has 1 aliphatic rings. The fourth-order valence-electron chi connectivity index (χ4n) is 3.85. The molecule has 2 aromatic carbocycles. The molecule has 0 atom stereocenters. The summed E-state index contributed by atoms with van der Waals surface area (Å²) < 4.78 is 12.9. The van der Waals surface area contributed by atoms with E-state index in [4.69, 9.17) is 9.47 Å². The molecule has 0 bridgehead atoms. The molecule has 0 saturated heterocycles. The van der Waals surface area contributed by atoms with Gasteiger partial charge in [0, 0.05) is 13.8 Å². The molecule has 148 valence electrons. The van der Waals surface area contributed by atoms with Gasteiger partial charge in [0.2, 0.25) is 5.91 Å². The second-order valence-corrected chi connectivity index (χ2v) is 6.97. The van der Waals surface area contributed by atoms with Crippen molar-refractivity contribution in [3.63, 3.8) is 0 Å². The van der Waals surface area contributed by atoms with Crippen molar-refractivity contribution in [3.8, 4) is 28.3 Å². The summed E-state index contributed by atoms with van der Waals surface area (Å²) in [6, 6.07) is 15.5. The average molecular weight is 390 g/mol. The molecule has 2 heterocycles. The fourth-order valence-corrected chi connectivity index (χ4v) is 3.85. The Bertz CT molecular complexity index is 1100. The van der Waals surface area contributed by atoms with Gasteiger partial charge in [0.25, 0.3) is 0 Å². The predicted molar refractivity (Wildman–Crippen MR) is 111 cm³/mol. The Morgan fingerprint density at radius 2 is 1.72 bits per heavy atom. The molecule has 1 aromatic heterocycles. The van der Waals surface area contributed by atoms with Crippen LogP contribution in [0.25, 0.3) is 16.8 Å². The number of nitrogens with one attached hydrogen (secondary N) is 1. The lowest BCUT2D eigenvalue weighted by molar-refractivity contribution is -0.131. The summed E-state index contributed by atoms with van der Waals surface area (Å²) in [5, 5.41) is 2.96. The zero-order chi connectivity index (χ0) is 20.5. The molecule has 29 heavy (non-hydrogen) atoms. The van der Waals surface area contributed by atoms with Crippen molar-refractivity contribution in [2.45, 2.75) is 26.7 Å². The highest BCUT2D eigenvalue weighted by Crippen LogP contribution is 2.47. The summed E-state index contributed by atoms with van der Waals surface area (Å²) in [6.07, 6.45) is 1.53. The number of esters is 1. The van der Waals surface area contributed by atoms with Crippen molar-refractivity contribution < 1.29 is 19.1 Å². The van der Waals surface area contributed by atoms with E-state index in [0.717, 1.165) is 29.1 Å². The standard InChI is InChI=1S/C23H22N2O4/c1-14(26)24-23-21(17-8-11-18(28-3)12-9-17)22(29-15(2)27)20-13-10-16-6-4-5-7-19(16)25(20)23/h4-9,11-12H,10,13H2,1-3H3,(H,24,26). The van der Waals surface area contributed by atoms with Crippen molar-refractivity contribution >= 4 is 17.7 Å². The Hall–Kier alpha value is -3.54. The van der Waals surface area contributed by atoms with Crippen LogP contribution in [0.15, 0.2) is 48.5 Å². The van der Waals surface area contributed by atoms with Crippen molar-refractivity contribution in [3.05, 3.63) is 59.8 Å². The molecule has 4 rings (SSSR count). The minimum Gasteiger partial charge on any atom is -0.497 e. The van der Waals surface area contributed by atoms with Crippen LogP contribution < -0.4 is 14.8 Å². The molecule has 0 radical (unpaired) electrons. The third-order valence-electron chi connectivity index (χ3n) is 5.00. The third kappa shape index (κ3) is 3.38. The normalized spacial score (nSPS) is 12.0. The van der Waals surface area contributed by atoms with E-state index in [2.05, 4.69) is 11.4 Å². The lowest BCUT2D eigenvalue weighted by atomic mass is 10.0. The number of benzene rings is 2. The zero-order valence-corrected chi connectivity index (χ0v) is 16.6. The quantitative estimate of drug-likeness (QED) is 0.680. The first kappa shape index (κ1) is 18.8. The molecule has 1 aliphatic heterocycles. The molecule has 0 aliphatic carbocycles. The van der Waals surface area contributed by atoms with Crippen LogP contribution in [-0.4, -0.2) is 23.6 Å². The van der Waals surface area contributed by atoms with Crippen LogP contribution in [0.2, 0.25) is 0 Å². The number of methoxy groups -OCH3 is 1. The third-order valence-corrected chi connectivity index (χ3v) is 5.00. The van der Waals surface area contributed by atoms with Gasteiger partial charge >= 0.3 is 5.97 Å². The summed E-state index contributed by atoms with van der Waals surface area (Å²) in [4.78, 5) is 24.0. The Morgan fingerprint density at radius 3 is 2.38 bits per heavy atom. The predicted octanol–water partition coefficient (Wildman–Crippen LogP) is 4.14. The fraction of sp³-hybridized carbons (Fsp3) is 0.217. The Kier molecular flexibility index (Phi) is 4.84. The van der Waals surface area contributed by atoms with Gasteiger partial charge < -0.3 is 14.8 Å². The van der Waals surface area contributed by atoms with Crippen LogP contribution >= 0.6 is 0 Å². The molecule has 1 N–H and O–H groups in total. The highest BCUT2D eigenvalue weighted by atomic mass is 16.5. The van der Waals surface area contributed by atoms with Gasteiger partial charge in [-0.25, -0.2) is 0 Å². The topological polar surface area (TPSA) is 69.6 Å². The number of amides is 1. The summed E-state index contributed by atoms with van der Waals surface area (Å²) in [6.45, 7) is 2.86. The van der Waals surface area contributed by atoms with Crippen LogP contribution in [0, 0.1) is 0 Å². The van der Waals surface area contributed by atoms with Crippen molar-refractivity contribution in [2.75, 3.05) is 12.4 Å². The summed E-state index contributed by atoms with van der Waals surface area (Å²) in [5.41, 5.74) is 4.53. The summed E-state index contributed by atoms with van der Waals surface area (Å²) in [5.74, 6) is 1.21. The summed E-state index contributed by atoms with van der Waals surface area (Å²) in [7, 11) is 1.61. The molecule has 6 nitrogen and oxygen atoms in total. The maximum Gasteiger partial charge on any atom is 0.308 e. The number of carbonyl (C=O) groups is 2. The van der Waals surface area contributed by atoms with Gasteiger partial charge in [0.15, 0.2) is 5.75 Å². The molecule has 3 aromatic rings. The van der Waals surface area contributed by atoms with E-state index in [1.54, 1.807) is 7.11 Å². The van der Waals surface area contributed by atoms with E-state index in [1.165, 1.54) is 19.4 Å². The van der Waals surface area contributed by atoms with Gasteiger partial charge in [-0.2, -0.15) is 0 Å². The molecular formula is C23H22N2O4. The van der Waals surface area contributed by atoms with E-state index in [0.29, 0.717) is 23.6 Å². The molecule has 6 heteroatoms. The molecule has 0 fully saturated rings. The Labute approximate surface area is 169 Å². The van der Waals surface area contributed by atoms with Gasteiger partial charge in [0.05, 0.1) is 24.1 Å². The maximum absolute atomic E-state index is 12.1. The highest BCUT2D eigenvalue weighted by molar-refractivity contribution is 5.97. The van der Waals surface area contributed by atoms with Gasteiger partial charge in [0.1, 0.15) is 11.6 Å². The van der Waals surface area contributed by atoms with Crippen molar-refractivity contribution in [1.29, 1.82) is 0 Å². The van der Waals surface area contributed by atoms with Crippen LogP contribution in [0.5, 0.6) is 11.5 Å². The number of hydrogen-bond acceptors (Lipinski definition) is 4. The molecule has 0 saturated carbocycles. The number of rotatable bonds is 4. The first-order chi connectivity index (χ1) is 14.0. The van der Waals surface area contributed by atoms with E-state index in [-0.39, 0.29) is 5.91 Å². The minimum atomic E-state index is -0.401. The first-order valence-corrected chi connectivity index (χ1v) is 9.46. The number of aryl methyl sites for hydroxylation is 1. The largest absolute Gasteiger partial charge is 0.497 e. The van der Waals surface area contributed by atoms with Gasteiger partial charge in [-0.3, -0.25) is 14.2 Å². The highest BCUT2D eigenvalue weighted by Gasteiger charge is 2.30. The Morgan fingerprint density at radius 1 is 1.00 bits per heavy atom. The van der Waals surface area contributed by atoms with Gasteiger partial charge in [-0.15, -0.1) is 0 Å². The summed E-state index contributed by atoms with van der Waals surface area (Å²) >= 11 is 0. The number of ether oxygens (including phenoxy) is 2. The molecular weight excluding hydrogens is 368 g/mol. The number of carbonyl (C=O) groups excluding carboxylic acids is 2. The van der Waals surface area contributed by atoms with Gasteiger partial charge in [-0.1, -0.05) is 30.3 Å². The smallest absolute Gasteiger partial charge is 0.308 e. The second kappa shape index (κ2) is 7.47. The number of fused-ring (bicyclic) bond motifs is 3. The van der Waals surface area contributed by atoms with Crippen LogP contribution in [-0.2, 0) is 22.4 Å². The SMILES string of the molecule is COc1ccc(-c2c(OC(C)=O)c3n(c2NC(C)=O)-c2ccccc2CC3)cc1. The van der Waals surface area contributed by atoms with E-state index in [9.17, 15) is 9.59 Å². The van der Waals surface area contributed by atoms with Gasteiger partial charge in [-0.05, 0) is 42.2 Å². The molecule has 0 unspecified atom stereocenters. The maximum atomic E-state index is 12.1. The monoisotopic (exact) mass is 390 g/mol. The van der Waals surface area contributed by atoms with Crippen molar-refractivity contribution in [1.82, 2.24) is 4.57 Å². The number of hydrogen-bond donors (Lipinski definition) is 1. The second-order valence-electron chi connectivity index (χ2n) is 6.97. The van der Waals surface area contributed by atoms with Crippen LogP contribution in [0.4, 0.5) is 5.82 Å². The van der Waals surface area contributed by atoms with Crippen LogP contribution in [0.1, 0.15) is 25.1 Å². The number of nitrogens with zero attached hydrogens (tertiary/aromatic N) is 1. The minimum absolute atomic E-state index is 0.197. The number of anilines is 1. The zero-order valence-electron chi connectivity index (χ0n) is 16.6. The molecule has 1 amide bonds. The van der Waals surface area contributed by atoms with Crippen LogP contribution in [0.3, 0.4) is 0 Å². The molecule has 0 spiro atoms. The van der Waals surface area contributed by atoms with Crippen molar-refractivity contribution in [2.24, 2.45) is 0 Å². The number of aromatic nitrogens is 1. The Balaban J connectivity index is 2.03. The lowest BCUT2D eigenvalue weighted by Crippen LogP contribution is -2.17. The average Bonchev–Trinajstić information content (AvgIpc) is 3.00. The van der Waals surface area contributed by atoms with E-state index in [1.807, 2.05) is 47.0 Å². The number of para-hydroxylation sites is 1. The first-order valence-electron chi connectivity index (χ1n) is 9.46.